The molecular formula is C20H26N4O2S2. The number of thioether (sulfide) groups is 1. The number of amides is 1. The molecule has 1 atom stereocenters. The number of benzene rings is 1. The van der Waals surface area contributed by atoms with Crippen molar-refractivity contribution >= 4 is 34.1 Å². The number of carbonyl (C=O) groups is 1. The molecule has 0 bridgehead atoms. The van der Waals surface area contributed by atoms with Crippen molar-refractivity contribution in [2.45, 2.75) is 48.9 Å². The van der Waals surface area contributed by atoms with Gasteiger partial charge in [0.05, 0.1) is 6.54 Å². The van der Waals surface area contributed by atoms with Crippen LogP contribution in [0.4, 0.5) is 5.13 Å². The molecule has 28 heavy (non-hydrogen) atoms. The predicted molar refractivity (Wildman–Crippen MR) is 113 cm³/mol. The van der Waals surface area contributed by atoms with Gasteiger partial charge in [-0.05, 0) is 57.8 Å². The maximum absolute atomic E-state index is 12.4. The quantitative estimate of drug-likeness (QED) is 0.768. The van der Waals surface area contributed by atoms with E-state index in [2.05, 4.69) is 51.6 Å². The standard InChI is InChI=1S/C20H26N4O2S2/c1-14-4-6-15(7-5-14)27-16-8-10-24(11-9-16)13-18(25)21-20-23-22-19(28-20)17-3-2-12-26-17/h4-7,16-17H,2-3,8-13H2,1H3,(H,21,23,25). The molecule has 2 aliphatic rings. The number of anilines is 1. The zero-order valence-corrected chi connectivity index (χ0v) is 17.7. The first-order valence-electron chi connectivity index (χ1n) is 9.86. The minimum Gasteiger partial charge on any atom is -0.371 e. The van der Waals surface area contributed by atoms with Gasteiger partial charge in [-0.2, -0.15) is 0 Å². The minimum absolute atomic E-state index is 0.0142. The highest BCUT2D eigenvalue weighted by Crippen LogP contribution is 2.32. The number of hydrogen-bond acceptors (Lipinski definition) is 7. The summed E-state index contributed by atoms with van der Waals surface area (Å²) in [5.74, 6) is -0.0142. The first-order valence-corrected chi connectivity index (χ1v) is 11.6. The Morgan fingerprint density at radius 3 is 2.75 bits per heavy atom. The van der Waals surface area contributed by atoms with Gasteiger partial charge in [-0.25, -0.2) is 0 Å². The molecule has 1 amide bonds. The lowest BCUT2D eigenvalue weighted by atomic mass is 10.1. The fourth-order valence-electron chi connectivity index (χ4n) is 3.54. The van der Waals surface area contributed by atoms with Crippen LogP contribution in [0.25, 0.3) is 0 Å². The molecule has 8 heteroatoms. The second-order valence-electron chi connectivity index (χ2n) is 7.40. The largest absolute Gasteiger partial charge is 0.371 e. The summed E-state index contributed by atoms with van der Waals surface area (Å²) in [6, 6.07) is 8.73. The monoisotopic (exact) mass is 418 g/mol. The topological polar surface area (TPSA) is 67.4 Å². The first-order chi connectivity index (χ1) is 13.7. The van der Waals surface area contributed by atoms with Crippen LogP contribution in [0.2, 0.25) is 0 Å². The SMILES string of the molecule is Cc1ccc(SC2CCN(CC(=O)Nc3nnc(C4CCCO4)s3)CC2)cc1. The van der Waals surface area contributed by atoms with Crippen LogP contribution in [0.15, 0.2) is 29.2 Å². The van der Waals surface area contributed by atoms with Crippen LogP contribution in [0, 0.1) is 6.92 Å². The molecule has 0 radical (unpaired) electrons. The molecule has 1 N–H and O–H groups in total. The Morgan fingerprint density at radius 1 is 1.25 bits per heavy atom. The molecule has 0 spiro atoms. The molecule has 150 valence electrons. The maximum atomic E-state index is 12.4. The summed E-state index contributed by atoms with van der Waals surface area (Å²) in [5, 5.41) is 13.2. The van der Waals surface area contributed by atoms with E-state index < -0.39 is 0 Å². The van der Waals surface area contributed by atoms with E-state index >= 15 is 0 Å². The molecule has 1 unspecified atom stereocenters. The number of aryl methyl sites for hydroxylation is 1. The van der Waals surface area contributed by atoms with E-state index in [0.29, 0.717) is 16.9 Å². The van der Waals surface area contributed by atoms with Gasteiger partial charge in [0.1, 0.15) is 11.1 Å². The molecule has 2 saturated heterocycles. The zero-order chi connectivity index (χ0) is 19.3. The summed E-state index contributed by atoms with van der Waals surface area (Å²) in [5.41, 5.74) is 1.29. The molecule has 2 fully saturated rings. The summed E-state index contributed by atoms with van der Waals surface area (Å²) in [4.78, 5) is 15.9. The summed E-state index contributed by atoms with van der Waals surface area (Å²) in [6.07, 6.45) is 4.30. The zero-order valence-electron chi connectivity index (χ0n) is 16.1. The average Bonchev–Trinajstić information content (AvgIpc) is 3.37. The van der Waals surface area contributed by atoms with Gasteiger partial charge in [0.25, 0.3) is 0 Å². The van der Waals surface area contributed by atoms with Crippen molar-refractivity contribution in [3.8, 4) is 0 Å². The second kappa shape index (κ2) is 9.35. The number of hydrogen-bond donors (Lipinski definition) is 1. The molecule has 4 rings (SSSR count). The first kappa shape index (κ1) is 19.8. The molecule has 3 heterocycles. The smallest absolute Gasteiger partial charge is 0.240 e. The maximum Gasteiger partial charge on any atom is 0.240 e. The van der Waals surface area contributed by atoms with E-state index in [1.54, 1.807) is 0 Å². The van der Waals surface area contributed by atoms with Crippen molar-refractivity contribution in [2.24, 2.45) is 0 Å². The highest BCUT2D eigenvalue weighted by Gasteiger charge is 2.24. The van der Waals surface area contributed by atoms with Gasteiger partial charge >= 0.3 is 0 Å². The van der Waals surface area contributed by atoms with Crippen LogP contribution in [-0.4, -0.2) is 52.5 Å². The van der Waals surface area contributed by atoms with Crippen LogP contribution < -0.4 is 5.32 Å². The fraction of sp³-hybridized carbons (Fsp3) is 0.550. The van der Waals surface area contributed by atoms with Crippen LogP contribution in [0.1, 0.15) is 42.4 Å². The predicted octanol–water partition coefficient (Wildman–Crippen LogP) is 3.89. The highest BCUT2D eigenvalue weighted by molar-refractivity contribution is 8.00. The Balaban J connectivity index is 1.20. The lowest BCUT2D eigenvalue weighted by Gasteiger charge is -2.31. The Hall–Kier alpha value is -1.48. The Morgan fingerprint density at radius 2 is 2.04 bits per heavy atom. The van der Waals surface area contributed by atoms with Gasteiger partial charge in [0, 0.05) is 16.8 Å². The third-order valence-electron chi connectivity index (χ3n) is 5.12. The van der Waals surface area contributed by atoms with Crippen LogP contribution in [0.5, 0.6) is 0 Å². The normalized spacial score (nSPS) is 21.1. The Bertz CT molecular complexity index is 782. The van der Waals surface area contributed by atoms with Crippen molar-refractivity contribution < 1.29 is 9.53 Å². The molecule has 1 aromatic heterocycles. The van der Waals surface area contributed by atoms with Crippen molar-refractivity contribution in [2.75, 3.05) is 31.6 Å². The van der Waals surface area contributed by atoms with Crippen molar-refractivity contribution in [3.05, 3.63) is 34.8 Å². The summed E-state index contributed by atoms with van der Waals surface area (Å²) < 4.78 is 5.62. The number of nitrogens with zero attached hydrogens (tertiary/aromatic N) is 3. The molecule has 0 saturated carbocycles. The van der Waals surface area contributed by atoms with E-state index in [1.807, 2.05) is 11.8 Å². The number of rotatable bonds is 6. The fourth-order valence-corrected chi connectivity index (χ4v) is 5.51. The minimum atomic E-state index is -0.0142. The third-order valence-corrected chi connectivity index (χ3v) is 7.40. The van der Waals surface area contributed by atoms with E-state index in [-0.39, 0.29) is 12.0 Å². The average molecular weight is 419 g/mol. The molecule has 2 aliphatic heterocycles. The van der Waals surface area contributed by atoms with E-state index in [9.17, 15) is 4.79 Å². The van der Waals surface area contributed by atoms with E-state index in [4.69, 9.17) is 4.74 Å². The van der Waals surface area contributed by atoms with E-state index in [1.165, 1.54) is 21.8 Å². The number of ether oxygens (including phenoxy) is 1. The summed E-state index contributed by atoms with van der Waals surface area (Å²) in [7, 11) is 0. The van der Waals surface area contributed by atoms with Crippen molar-refractivity contribution in [1.29, 1.82) is 0 Å². The number of piperidine rings is 1. The van der Waals surface area contributed by atoms with Gasteiger partial charge < -0.3 is 4.74 Å². The van der Waals surface area contributed by atoms with Crippen LogP contribution in [0.3, 0.4) is 0 Å². The van der Waals surface area contributed by atoms with Gasteiger partial charge in [-0.15, -0.1) is 22.0 Å². The van der Waals surface area contributed by atoms with Gasteiger partial charge in [-0.1, -0.05) is 29.0 Å². The van der Waals surface area contributed by atoms with Crippen LogP contribution >= 0.6 is 23.1 Å². The molecule has 0 aliphatic carbocycles. The van der Waals surface area contributed by atoms with Crippen molar-refractivity contribution in [1.82, 2.24) is 15.1 Å². The third kappa shape index (κ3) is 5.31. The number of aromatic nitrogens is 2. The number of likely N-dealkylation sites (tertiary alicyclic amines) is 1. The summed E-state index contributed by atoms with van der Waals surface area (Å²) in [6.45, 7) is 5.21. The number of carbonyl (C=O) groups excluding carboxylic acids is 1. The second-order valence-corrected chi connectivity index (χ2v) is 9.78. The van der Waals surface area contributed by atoms with Gasteiger partial charge in [-0.3, -0.25) is 15.0 Å². The lowest BCUT2D eigenvalue weighted by molar-refractivity contribution is -0.117. The lowest BCUT2D eigenvalue weighted by Crippen LogP contribution is -2.39. The summed E-state index contributed by atoms with van der Waals surface area (Å²) >= 11 is 3.38. The molecular weight excluding hydrogens is 392 g/mol. The molecule has 2 aromatic rings. The number of nitrogens with one attached hydrogen (secondary N) is 1. The van der Waals surface area contributed by atoms with Gasteiger partial charge in [0.15, 0.2) is 0 Å². The molecule has 6 nitrogen and oxygen atoms in total. The van der Waals surface area contributed by atoms with E-state index in [0.717, 1.165) is 50.4 Å². The van der Waals surface area contributed by atoms with Crippen molar-refractivity contribution in [3.63, 3.8) is 0 Å². The Labute approximate surface area is 174 Å². The van der Waals surface area contributed by atoms with Crippen LogP contribution in [-0.2, 0) is 9.53 Å². The molecule has 1 aromatic carbocycles. The Kier molecular flexibility index (Phi) is 6.61. The highest BCUT2D eigenvalue weighted by atomic mass is 32.2. The van der Waals surface area contributed by atoms with Gasteiger partial charge in [0.2, 0.25) is 11.0 Å².